The number of hydrogen-bond acceptors (Lipinski definition) is 2. The molecule has 21 heavy (non-hydrogen) atoms. The molecule has 3 nitrogen and oxygen atoms in total. The Bertz CT molecular complexity index is 620. The minimum Gasteiger partial charge on any atom is -0.387 e. The molecule has 0 aliphatic heterocycles. The van der Waals surface area contributed by atoms with Gasteiger partial charge in [0, 0.05) is 12.6 Å². The standard InChI is InChI=1S/C18H19NO2/c1-14-7-5-6-10-16(14)17(20)13-19-18(21)12-11-15-8-3-2-4-9-15/h2-12,17,20H,13H2,1H3,(H,19,21)/b12-11+. The summed E-state index contributed by atoms with van der Waals surface area (Å²) in [5.74, 6) is -0.216. The molecule has 0 radical (unpaired) electrons. The lowest BCUT2D eigenvalue weighted by molar-refractivity contribution is -0.116. The Hall–Kier alpha value is -2.39. The van der Waals surface area contributed by atoms with Crippen molar-refractivity contribution in [2.24, 2.45) is 0 Å². The van der Waals surface area contributed by atoms with E-state index in [0.717, 1.165) is 16.7 Å². The third-order valence-electron chi connectivity index (χ3n) is 3.24. The van der Waals surface area contributed by atoms with Crippen LogP contribution in [0.4, 0.5) is 0 Å². The quantitative estimate of drug-likeness (QED) is 0.828. The van der Waals surface area contributed by atoms with E-state index < -0.39 is 6.10 Å². The number of benzene rings is 2. The summed E-state index contributed by atoms with van der Waals surface area (Å²) in [4.78, 5) is 11.7. The van der Waals surface area contributed by atoms with Crippen molar-refractivity contribution in [1.82, 2.24) is 5.32 Å². The highest BCUT2D eigenvalue weighted by Gasteiger charge is 2.10. The van der Waals surface area contributed by atoms with Gasteiger partial charge in [-0.15, -0.1) is 0 Å². The average molecular weight is 281 g/mol. The second-order valence-corrected chi connectivity index (χ2v) is 4.86. The number of carbonyl (C=O) groups excluding carboxylic acids is 1. The molecule has 0 aliphatic rings. The van der Waals surface area contributed by atoms with E-state index in [4.69, 9.17) is 0 Å². The molecule has 108 valence electrons. The van der Waals surface area contributed by atoms with Gasteiger partial charge in [0.15, 0.2) is 0 Å². The summed E-state index contributed by atoms with van der Waals surface area (Å²) in [6, 6.07) is 17.2. The van der Waals surface area contributed by atoms with Gasteiger partial charge >= 0.3 is 0 Å². The predicted molar refractivity (Wildman–Crippen MR) is 84.6 cm³/mol. The van der Waals surface area contributed by atoms with Crippen molar-refractivity contribution in [2.45, 2.75) is 13.0 Å². The molecule has 0 aliphatic carbocycles. The smallest absolute Gasteiger partial charge is 0.244 e. The first kappa shape index (κ1) is 15.0. The van der Waals surface area contributed by atoms with Crippen LogP contribution < -0.4 is 5.32 Å². The lowest BCUT2D eigenvalue weighted by Crippen LogP contribution is -2.26. The van der Waals surface area contributed by atoms with Crippen LogP contribution in [0.5, 0.6) is 0 Å². The third-order valence-corrected chi connectivity index (χ3v) is 3.24. The minimum atomic E-state index is -0.694. The number of nitrogens with one attached hydrogen (secondary N) is 1. The summed E-state index contributed by atoms with van der Waals surface area (Å²) >= 11 is 0. The molecule has 2 aromatic rings. The van der Waals surface area contributed by atoms with E-state index >= 15 is 0 Å². The summed E-state index contributed by atoms with van der Waals surface area (Å²) in [5.41, 5.74) is 2.82. The SMILES string of the molecule is Cc1ccccc1C(O)CNC(=O)/C=C/c1ccccc1. The van der Waals surface area contributed by atoms with Crippen molar-refractivity contribution < 1.29 is 9.90 Å². The number of aliphatic hydroxyl groups excluding tert-OH is 1. The topological polar surface area (TPSA) is 49.3 Å². The van der Waals surface area contributed by atoms with Crippen molar-refractivity contribution in [1.29, 1.82) is 0 Å². The molecule has 0 heterocycles. The highest BCUT2D eigenvalue weighted by molar-refractivity contribution is 5.91. The number of amides is 1. The molecule has 0 spiro atoms. The van der Waals surface area contributed by atoms with Gasteiger partial charge in [0.1, 0.15) is 0 Å². The number of rotatable bonds is 5. The molecule has 0 bridgehead atoms. The maximum Gasteiger partial charge on any atom is 0.244 e. The van der Waals surface area contributed by atoms with Gasteiger partial charge in [-0.25, -0.2) is 0 Å². The van der Waals surface area contributed by atoms with E-state index in [1.54, 1.807) is 6.08 Å². The lowest BCUT2D eigenvalue weighted by atomic mass is 10.0. The molecule has 1 amide bonds. The van der Waals surface area contributed by atoms with Crippen molar-refractivity contribution in [3.63, 3.8) is 0 Å². The predicted octanol–water partition coefficient (Wildman–Crippen LogP) is 2.86. The minimum absolute atomic E-state index is 0.197. The van der Waals surface area contributed by atoms with Crippen LogP contribution in [-0.4, -0.2) is 17.6 Å². The van der Waals surface area contributed by atoms with E-state index in [0.29, 0.717) is 0 Å². The molecule has 0 saturated heterocycles. The van der Waals surface area contributed by atoms with Gasteiger partial charge in [0.2, 0.25) is 5.91 Å². The van der Waals surface area contributed by atoms with Gasteiger partial charge in [-0.1, -0.05) is 54.6 Å². The van der Waals surface area contributed by atoms with E-state index in [-0.39, 0.29) is 12.5 Å². The summed E-state index contributed by atoms with van der Waals surface area (Å²) in [7, 11) is 0. The molecule has 1 unspecified atom stereocenters. The Morgan fingerprint density at radius 3 is 2.52 bits per heavy atom. The van der Waals surface area contributed by atoms with Crippen LogP contribution in [0.3, 0.4) is 0 Å². The molecular formula is C18H19NO2. The van der Waals surface area contributed by atoms with Crippen LogP contribution in [-0.2, 0) is 4.79 Å². The molecule has 0 saturated carbocycles. The first-order valence-electron chi connectivity index (χ1n) is 6.91. The monoisotopic (exact) mass is 281 g/mol. The summed E-state index contributed by atoms with van der Waals surface area (Å²) < 4.78 is 0. The number of hydrogen-bond donors (Lipinski definition) is 2. The van der Waals surface area contributed by atoms with Gasteiger partial charge in [-0.3, -0.25) is 4.79 Å². The first-order valence-corrected chi connectivity index (χ1v) is 6.91. The van der Waals surface area contributed by atoms with Crippen LogP contribution >= 0.6 is 0 Å². The second-order valence-electron chi connectivity index (χ2n) is 4.86. The zero-order valence-corrected chi connectivity index (χ0v) is 12.0. The fourth-order valence-electron chi connectivity index (χ4n) is 2.06. The van der Waals surface area contributed by atoms with E-state index in [1.807, 2.05) is 61.5 Å². The Kier molecular flexibility index (Phi) is 5.29. The highest BCUT2D eigenvalue weighted by atomic mass is 16.3. The van der Waals surface area contributed by atoms with Crippen LogP contribution in [0.15, 0.2) is 60.7 Å². The van der Waals surface area contributed by atoms with E-state index in [2.05, 4.69) is 5.32 Å². The Morgan fingerprint density at radius 2 is 1.81 bits per heavy atom. The lowest BCUT2D eigenvalue weighted by Gasteiger charge is -2.13. The Morgan fingerprint density at radius 1 is 1.14 bits per heavy atom. The number of carbonyl (C=O) groups is 1. The maximum absolute atomic E-state index is 11.7. The van der Waals surface area contributed by atoms with Crippen molar-refractivity contribution in [3.05, 3.63) is 77.4 Å². The molecular weight excluding hydrogens is 262 g/mol. The van der Waals surface area contributed by atoms with E-state index in [9.17, 15) is 9.90 Å². The van der Waals surface area contributed by atoms with Crippen LogP contribution in [0.25, 0.3) is 6.08 Å². The molecule has 1 atom stereocenters. The van der Waals surface area contributed by atoms with Gasteiger partial charge in [-0.05, 0) is 29.7 Å². The molecule has 0 aromatic heterocycles. The van der Waals surface area contributed by atoms with E-state index in [1.165, 1.54) is 6.08 Å². The summed E-state index contributed by atoms with van der Waals surface area (Å²) in [6.45, 7) is 2.14. The van der Waals surface area contributed by atoms with Crippen molar-refractivity contribution in [2.75, 3.05) is 6.54 Å². The zero-order valence-electron chi connectivity index (χ0n) is 12.0. The van der Waals surface area contributed by atoms with Gasteiger partial charge < -0.3 is 10.4 Å². The number of aryl methyl sites for hydroxylation is 1. The summed E-state index contributed by atoms with van der Waals surface area (Å²) in [6.07, 6.45) is 2.52. The fourth-order valence-corrected chi connectivity index (χ4v) is 2.06. The normalized spacial score (nSPS) is 12.3. The van der Waals surface area contributed by atoms with Gasteiger partial charge in [-0.2, -0.15) is 0 Å². The third kappa shape index (κ3) is 4.58. The second kappa shape index (κ2) is 7.41. The van der Waals surface area contributed by atoms with Crippen LogP contribution in [0.1, 0.15) is 22.8 Å². The molecule has 3 heteroatoms. The molecule has 0 fully saturated rings. The summed E-state index contributed by atoms with van der Waals surface area (Å²) in [5, 5.41) is 12.8. The number of aliphatic hydroxyl groups is 1. The Balaban J connectivity index is 1.87. The molecule has 2 aromatic carbocycles. The molecule has 2 N–H and O–H groups in total. The maximum atomic E-state index is 11.7. The highest BCUT2D eigenvalue weighted by Crippen LogP contribution is 2.16. The first-order chi connectivity index (χ1) is 10.2. The van der Waals surface area contributed by atoms with Crippen molar-refractivity contribution >= 4 is 12.0 Å². The Labute approximate surface area is 124 Å². The fraction of sp³-hybridized carbons (Fsp3) is 0.167. The van der Waals surface area contributed by atoms with Crippen LogP contribution in [0.2, 0.25) is 0 Å². The largest absolute Gasteiger partial charge is 0.387 e. The zero-order chi connectivity index (χ0) is 15.1. The van der Waals surface area contributed by atoms with Crippen molar-refractivity contribution in [3.8, 4) is 0 Å². The average Bonchev–Trinajstić information content (AvgIpc) is 2.52. The van der Waals surface area contributed by atoms with Gasteiger partial charge in [0.25, 0.3) is 0 Å². The van der Waals surface area contributed by atoms with Gasteiger partial charge in [0.05, 0.1) is 6.10 Å². The van der Waals surface area contributed by atoms with Crippen LogP contribution in [0, 0.1) is 6.92 Å². The molecule has 2 rings (SSSR count).